The summed E-state index contributed by atoms with van der Waals surface area (Å²) in [7, 11) is 0. The summed E-state index contributed by atoms with van der Waals surface area (Å²) in [5.74, 6) is -2.74. The lowest BCUT2D eigenvalue weighted by molar-refractivity contribution is -0.138. The molecule has 32 heavy (non-hydrogen) atoms. The van der Waals surface area contributed by atoms with Crippen molar-refractivity contribution in [2.45, 2.75) is 12.4 Å². The van der Waals surface area contributed by atoms with Gasteiger partial charge in [0.05, 0.1) is 22.4 Å². The highest BCUT2D eigenvalue weighted by molar-refractivity contribution is 6.17. The van der Waals surface area contributed by atoms with Gasteiger partial charge in [-0.15, -0.1) is 0 Å². The highest BCUT2D eigenvalue weighted by Gasteiger charge is 2.34. The number of benzene rings is 3. The van der Waals surface area contributed by atoms with Gasteiger partial charge >= 0.3 is 12.4 Å². The first-order chi connectivity index (χ1) is 14.9. The van der Waals surface area contributed by atoms with E-state index >= 15 is 0 Å². The minimum atomic E-state index is -4.80. The van der Waals surface area contributed by atoms with Gasteiger partial charge in [0, 0.05) is 11.6 Å². The van der Waals surface area contributed by atoms with Crippen molar-refractivity contribution < 1.29 is 45.1 Å². The third-order valence-corrected chi connectivity index (χ3v) is 4.68. The van der Waals surface area contributed by atoms with Crippen LogP contribution < -0.4 is 5.32 Å². The molecule has 2 aromatic carbocycles. The molecule has 0 aliphatic carbocycles. The van der Waals surface area contributed by atoms with Crippen LogP contribution in [-0.4, -0.2) is 11.0 Å². The smallest absolute Gasteiger partial charge is 0.416 e. The van der Waals surface area contributed by atoms with Gasteiger partial charge in [-0.1, -0.05) is 12.1 Å². The van der Waals surface area contributed by atoms with Gasteiger partial charge in [-0.3, -0.25) is 4.79 Å². The Hall–Kier alpha value is -3.76. The average Bonchev–Trinajstić information content (AvgIpc) is 3.25. The van der Waals surface area contributed by atoms with Gasteiger partial charge in [0.1, 0.15) is 11.4 Å². The number of halogens is 7. The fraction of sp³-hybridized carbons (Fsp3) is 0.0952. The standard InChI is InChI=1S/C21H10F7NO3/c22-12-5-4-11(21(26,27)28)7-13(12)29-19(31)17-15-8-14(30)18(32-15)16(17)9-2-1-3-10(6-9)20(23,24)25/h1-8,30H,(H,29,31). The number of hydrogen-bond acceptors (Lipinski definition) is 3. The van der Waals surface area contributed by atoms with E-state index in [4.69, 9.17) is 4.42 Å². The van der Waals surface area contributed by atoms with Crippen LogP contribution in [0.3, 0.4) is 0 Å². The Balaban J connectivity index is 1.80. The number of hydrogen-bond donors (Lipinski definition) is 2. The molecule has 1 amide bonds. The monoisotopic (exact) mass is 457 g/mol. The average molecular weight is 457 g/mol. The first-order valence-corrected chi connectivity index (χ1v) is 8.80. The van der Waals surface area contributed by atoms with Gasteiger partial charge < -0.3 is 14.8 Å². The van der Waals surface area contributed by atoms with Crippen LogP contribution in [0.4, 0.5) is 36.4 Å². The number of nitrogens with one attached hydrogen (secondary N) is 1. The Morgan fingerprint density at radius 1 is 0.906 bits per heavy atom. The summed E-state index contributed by atoms with van der Waals surface area (Å²) < 4.78 is 97.4. The summed E-state index contributed by atoms with van der Waals surface area (Å²) in [4.78, 5) is 12.8. The number of phenols is 1. The van der Waals surface area contributed by atoms with Gasteiger partial charge in [0.25, 0.3) is 5.91 Å². The minimum Gasteiger partial charge on any atom is -0.504 e. The van der Waals surface area contributed by atoms with E-state index in [0.717, 1.165) is 24.3 Å². The number of rotatable bonds is 3. The normalized spacial score (nSPS) is 12.5. The summed E-state index contributed by atoms with van der Waals surface area (Å²) >= 11 is 0. The van der Waals surface area contributed by atoms with Crippen molar-refractivity contribution in [1.82, 2.24) is 0 Å². The quantitative estimate of drug-likeness (QED) is 0.338. The lowest BCUT2D eigenvalue weighted by atomic mass is 9.97. The number of carbonyl (C=O) groups excluding carboxylic acids is 1. The molecule has 2 aromatic heterocycles. The Bertz CT molecular complexity index is 1320. The van der Waals surface area contributed by atoms with Crippen LogP contribution in [-0.2, 0) is 12.4 Å². The number of aromatic hydroxyl groups is 1. The fourth-order valence-electron chi connectivity index (χ4n) is 3.25. The van der Waals surface area contributed by atoms with Crippen molar-refractivity contribution in [3.63, 3.8) is 0 Å². The number of amides is 1. The Labute approximate surface area is 174 Å². The summed E-state index contributed by atoms with van der Waals surface area (Å²) in [6.45, 7) is 0. The lowest BCUT2D eigenvalue weighted by Crippen LogP contribution is -2.15. The number of anilines is 1. The molecule has 0 radical (unpaired) electrons. The van der Waals surface area contributed by atoms with Gasteiger partial charge in [-0.05, 0) is 35.9 Å². The number of carbonyl (C=O) groups is 1. The highest BCUT2D eigenvalue weighted by Crippen LogP contribution is 2.44. The van der Waals surface area contributed by atoms with E-state index in [1.54, 1.807) is 0 Å². The van der Waals surface area contributed by atoms with E-state index in [0.29, 0.717) is 18.2 Å². The van der Waals surface area contributed by atoms with Crippen LogP contribution in [0.5, 0.6) is 5.75 Å². The highest BCUT2D eigenvalue weighted by atomic mass is 19.4. The first-order valence-electron chi connectivity index (χ1n) is 8.80. The van der Waals surface area contributed by atoms with Crippen molar-refractivity contribution in [3.05, 3.63) is 71.0 Å². The predicted molar refractivity (Wildman–Crippen MR) is 98.9 cm³/mol. The maximum atomic E-state index is 14.0. The molecule has 0 fully saturated rings. The molecule has 2 bridgehead atoms. The van der Waals surface area contributed by atoms with Crippen LogP contribution in [0.1, 0.15) is 21.5 Å². The number of phenolic OH excluding ortho intramolecular Hbond substituents is 1. The molecule has 0 unspecified atom stereocenters. The molecular formula is C21H10F7NO3. The number of alkyl halides is 6. The molecule has 4 rings (SSSR count). The number of fused-ring (bicyclic) bond motifs is 2. The summed E-state index contributed by atoms with van der Waals surface area (Å²) in [5.41, 5.74) is -4.30. The molecular weight excluding hydrogens is 447 g/mol. The molecule has 4 aromatic rings. The molecule has 2 N–H and O–H groups in total. The van der Waals surface area contributed by atoms with Crippen molar-refractivity contribution >= 4 is 22.8 Å². The van der Waals surface area contributed by atoms with Crippen LogP contribution in [0.25, 0.3) is 22.3 Å². The second-order valence-corrected chi connectivity index (χ2v) is 6.80. The zero-order chi connectivity index (χ0) is 23.4. The van der Waals surface area contributed by atoms with Crippen LogP contribution in [0.15, 0.2) is 52.9 Å². The zero-order valence-corrected chi connectivity index (χ0v) is 15.5. The molecule has 2 heterocycles. The molecule has 0 aliphatic heterocycles. The van der Waals surface area contributed by atoms with Crippen LogP contribution in [0.2, 0.25) is 0 Å². The SMILES string of the molecule is O=C(Nc1cc(C(F)(F)F)ccc1F)c1c(-c2cccc(C(F)(F)F)c2)c2oc1cc2O. The third kappa shape index (κ3) is 3.70. The molecule has 0 saturated heterocycles. The van der Waals surface area contributed by atoms with Crippen molar-refractivity contribution in [1.29, 1.82) is 0 Å². The molecule has 11 heteroatoms. The van der Waals surface area contributed by atoms with Crippen molar-refractivity contribution in [2.75, 3.05) is 5.32 Å². The topological polar surface area (TPSA) is 62.5 Å². The van der Waals surface area contributed by atoms with E-state index in [1.807, 2.05) is 5.32 Å². The van der Waals surface area contributed by atoms with Gasteiger partial charge in [0.2, 0.25) is 0 Å². The number of furan rings is 2. The van der Waals surface area contributed by atoms with E-state index in [-0.39, 0.29) is 27.9 Å². The van der Waals surface area contributed by atoms with Gasteiger partial charge in [-0.2, -0.15) is 26.3 Å². The molecule has 0 aliphatic rings. The molecule has 166 valence electrons. The zero-order valence-electron chi connectivity index (χ0n) is 15.5. The Morgan fingerprint density at radius 2 is 1.56 bits per heavy atom. The molecule has 0 spiro atoms. The molecule has 0 saturated carbocycles. The maximum Gasteiger partial charge on any atom is 0.416 e. The Kier molecular flexibility index (Phi) is 4.79. The van der Waals surface area contributed by atoms with E-state index in [2.05, 4.69) is 0 Å². The van der Waals surface area contributed by atoms with Crippen molar-refractivity contribution in [2.24, 2.45) is 0 Å². The van der Waals surface area contributed by atoms with E-state index in [1.165, 1.54) is 6.07 Å². The second kappa shape index (κ2) is 7.14. The summed E-state index contributed by atoms with van der Waals surface area (Å²) in [6.07, 6.45) is -9.50. The van der Waals surface area contributed by atoms with Crippen LogP contribution >= 0.6 is 0 Å². The first kappa shape index (κ1) is 21.5. The Morgan fingerprint density at radius 3 is 2.22 bits per heavy atom. The minimum absolute atomic E-state index is 0.140. The third-order valence-electron chi connectivity index (χ3n) is 4.68. The van der Waals surface area contributed by atoms with E-state index < -0.39 is 46.6 Å². The summed E-state index contributed by atoms with van der Waals surface area (Å²) in [6, 6.07) is 6.23. The van der Waals surface area contributed by atoms with Gasteiger partial charge in [0.15, 0.2) is 11.3 Å². The second-order valence-electron chi connectivity index (χ2n) is 6.80. The van der Waals surface area contributed by atoms with E-state index in [9.17, 15) is 40.6 Å². The molecule has 4 nitrogen and oxygen atoms in total. The lowest BCUT2D eigenvalue weighted by Gasteiger charge is -2.13. The predicted octanol–water partition coefficient (Wildman–Crippen LogP) is 6.67. The molecule has 0 atom stereocenters. The van der Waals surface area contributed by atoms with Crippen LogP contribution in [0, 0.1) is 5.82 Å². The maximum absolute atomic E-state index is 14.0. The fourth-order valence-corrected chi connectivity index (χ4v) is 3.25. The summed E-state index contributed by atoms with van der Waals surface area (Å²) in [5, 5.41) is 11.9. The van der Waals surface area contributed by atoms with Crippen molar-refractivity contribution in [3.8, 4) is 16.9 Å². The van der Waals surface area contributed by atoms with Gasteiger partial charge in [-0.25, -0.2) is 4.39 Å². The largest absolute Gasteiger partial charge is 0.504 e.